The lowest BCUT2D eigenvalue weighted by molar-refractivity contribution is -0.118. The van der Waals surface area contributed by atoms with E-state index < -0.39 is 11.7 Å². The minimum atomic E-state index is -0.637. The van der Waals surface area contributed by atoms with E-state index in [1.54, 1.807) is 25.1 Å². The van der Waals surface area contributed by atoms with E-state index in [1.165, 1.54) is 12.1 Å². The average Bonchev–Trinajstić information content (AvgIpc) is 2.60. The number of halogens is 1. The number of aryl methyl sites for hydroxylation is 1. The number of nitrogens with zero attached hydrogens (tertiary/aromatic N) is 1. The zero-order valence-electron chi connectivity index (χ0n) is 13.7. The zero-order valence-corrected chi connectivity index (χ0v) is 13.7. The molecule has 0 bridgehead atoms. The maximum absolute atomic E-state index is 13.2. The van der Waals surface area contributed by atoms with Crippen molar-refractivity contribution in [2.75, 3.05) is 11.9 Å². The van der Waals surface area contributed by atoms with Crippen molar-refractivity contribution in [3.05, 3.63) is 59.4 Å². The molecule has 25 heavy (non-hydrogen) atoms. The van der Waals surface area contributed by atoms with Crippen LogP contribution in [0.15, 0.2) is 42.5 Å². The van der Waals surface area contributed by atoms with E-state index in [9.17, 15) is 14.0 Å². The number of nitriles is 1. The number of Topliss-reactive ketones (excluding diaryl/α,β-unsaturated/α-hetero) is 1. The summed E-state index contributed by atoms with van der Waals surface area (Å²) in [5.74, 6) is -0.395. The molecule has 128 valence electrons. The number of benzene rings is 2. The van der Waals surface area contributed by atoms with Crippen molar-refractivity contribution in [3.63, 3.8) is 0 Å². The highest BCUT2D eigenvalue weighted by Crippen LogP contribution is 2.15. The van der Waals surface area contributed by atoms with Crippen LogP contribution < -0.4 is 10.1 Å². The molecule has 0 spiro atoms. The summed E-state index contributed by atoms with van der Waals surface area (Å²) < 4.78 is 18.6. The fraction of sp³-hybridized carbons (Fsp3) is 0.211. The molecule has 1 N–H and O–H groups in total. The van der Waals surface area contributed by atoms with E-state index in [0.29, 0.717) is 24.3 Å². The molecule has 0 aliphatic rings. The van der Waals surface area contributed by atoms with Gasteiger partial charge >= 0.3 is 0 Å². The minimum absolute atomic E-state index is 0.136. The highest BCUT2D eigenvalue weighted by atomic mass is 19.1. The van der Waals surface area contributed by atoms with E-state index in [4.69, 9.17) is 10.00 Å². The van der Waals surface area contributed by atoms with Crippen LogP contribution in [-0.2, 0) is 16.0 Å². The Balaban J connectivity index is 1.85. The van der Waals surface area contributed by atoms with Gasteiger partial charge in [-0.25, -0.2) is 4.39 Å². The predicted octanol–water partition coefficient (Wildman–Crippen LogP) is 3.24. The Kier molecular flexibility index (Phi) is 6.24. The molecule has 0 radical (unpaired) electrons. The van der Waals surface area contributed by atoms with E-state index in [1.807, 2.05) is 12.1 Å². The summed E-state index contributed by atoms with van der Waals surface area (Å²) in [6.07, 6.45) is 1.16. The third-order valence-electron chi connectivity index (χ3n) is 3.43. The van der Waals surface area contributed by atoms with Crippen LogP contribution in [0.2, 0.25) is 0 Å². The maximum Gasteiger partial charge on any atom is 0.262 e. The standard InChI is InChI=1S/C19H17FN2O3/c1-13(23)2-3-14-4-7-17(8-5-14)25-12-19(24)22-16-6-9-18(20)15(10-16)11-21/h4-10H,2-3,12H2,1H3,(H,22,24). The molecule has 0 heterocycles. The summed E-state index contributed by atoms with van der Waals surface area (Å²) in [5.41, 5.74) is 1.20. The summed E-state index contributed by atoms with van der Waals surface area (Å²) >= 11 is 0. The Labute approximate surface area is 145 Å². The number of ketones is 1. The number of nitrogens with one attached hydrogen (secondary N) is 1. The summed E-state index contributed by atoms with van der Waals surface area (Å²) in [6, 6.07) is 12.6. The lowest BCUT2D eigenvalue weighted by atomic mass is 10.1. The lowest BCUT2D eigenvalue weighted by Gasteiger charge is -2.08. The van der Waals surface area contributed by atoms with E-state index in [-0.39, 0.29) is 18.0 Å². The Morgan fingerprint density at radius 2 is 1.92 bits per heavy atom. The van der Waals surface area contributed by atoms with Crippen LogP contribution in [0.1, 0.15) is 24.5 Å². The van der Waals surface area contributed by atoms with Crippen LogP contribution in [-0.4, -0.2) is 18.3 Å². The molecule has 0 saturated heterocycles. The van der Waals surface area contributed by atoms with Gasteiger partial charge in [0.25, 0.3) is 5.91 Å². The van der Waals surface area contributed by atoms with Gasteiger partial charge in [-0.05, 0) is 49.2 Å². The smallest absolute Gasteiger partial charge is 0.262 e. The predicted molar refractivity (Wildman–Crippen MR) is 90.7 cm³/mol. The van der Waals surface area contributed by atoms with E-state index >= 15 is 0 Å². The molecule has 0 unspecified atom stereocenters. The largest absolute Gasteiger partial charge is 0.484 e. The van der Waals surface area contributed by atoms with Gasteiger partial charge in [-0.1, -0.05) is 12.1 Å². The quantitative estimate of drug-likeness (QED) is 0.839. The minimum Gasteiger partial charge on any atom is -0.484 e. The van der Waals surface area contributed by atoms with Gasteiger partial charge in [0, 0.05) is 12.1 Å². The summed E-state index contributed by atoms with van der Waals surface area (Å²) in [4.78, 5) is 22.8. The van der Waals surface area contributed by atoms with Gasteiger partial charge in [-0.2, -0.15) is 5.26 Å². The van der Waals surface area contributed by atoms with Crippen LogP contribution in [0.3, 0.4) is 0 Å². The van der Waals surface area contributed by atoms with Gasteiger partial charge in [-0.3, -0.25) is 4.79 Å². The number of hydrogen-bond acceptors (Lipinski definition) is 4. The number of carbonyl (C=O) groups excluding carboxylic acids is 2. The molecule has 0 aromatic heterocycles. The molecule has 0 saturated carbocycles. The molecule has 6 heteroatoms. The molecule has 2 aromatic rings. The highest BCUT2D eigenvalue weighted by molar-refractivity contribution is 5.92. The molecular weight excluding hydrogens is 323 g/mol. The zero-order chi connectivity index (χ0) is 18.2. The Morgan fingerprint density at radius 1 is 1.20 bits per heavy atom. The molecule has 0 aliphatic carbocycles. The van der Waals surface area contributed by atoms with Crippen LogP contribution in [0.4, 0.5) is 10.1 Å². The Hall–Kier alpha value is -3.20. The van der Waals surface area contributed by atoms with Gasteiger partial charge < -0.3 is 14.8 Å². The molecule has 2 rings (SSSR count). The van der Waals surface area contributed by atoms with Crippen molar-refractivity contribution < 1.29 is 18.7 Å². The molecule has 0 aliphatic heterocycles. The van der Waals surface area contributed by atoms with Gasteiger partial charge in [0.15, 0.2) is 6.61 Å². The fourth-order valence-electron chi connectivity index (χ4n) is 2.11. The van der Waals surface area contributed by atoms with E-state index in [0.717, 1.165) is 11.6 Å². The monoisotopic (exact) mass is 340 g/mol. The summed E-state index contributed by atoms with van der Waals surface area (Å²) in [5, 5.41) is 11.3. The number of anilines is 1. The van der Waals surface area contributed by atoms with Crippen molar-refractivity contribution in [2.45, 2.75) is 19.8 Å². The van der Waals surface area contributed by atoms with Crippen molar-refractivity contribution in [1.82, 2.24) is 0 Å². The van der Waals surface area contributed by atoms with Crippen LogP contribution in [0.25, 0.3) is 0 Å². The summed E-state index contributed by atoms with van der Waals surface area (Å²) in [7, 11) is 0. The first-order valence-electron chi connectivity index (χ1n) is 7.68. The normalized spacial score (nSPS) is 9.96. The second-order valence-electron chi connectivity index (χ2n) is 5.49. The van der Waals surface area contributed by atoms with Gasteiger partial charge in [0.2, 0.25) is 0 Å². The maximum atomic E-state index is 13.2. The van der Waals surface area contributed by atoms with Crippen LogP contribution >= 0.6 is 0 Å². The second kappa shape index (κ2) is 8.60. The van der Waals surface area contributed by atoms with Crippen molar-refractivity contribution in [1.29, 1.82) is 5.26 Å². The Bertz CT molecular complexity index is 810. The lowest BCUT2D eigenvalue weighted by Crippen LogP contribution is -2.20. The molecule has 0 fully saturated rings. The number of hydrogen-bond donors (Lipinski definition) is 1. The molecular formula is C19H17FN2O3. The first kappa shape index (κ1) is 18.1. The molecule has 0 atom stereocenters. The van der Waals surface area contributed by atoms with Crippen LogP contribution in [0, 0.1) is 17.1 Å². The molecule has 2 aromatic carbocycles. The number of ether oxygens (including phenoxy) is 1. The Morgan fingerprint density at radius 3 is 2.56 bits per heavy atom. The number of carbonyl (C=O) groups is 2. The van der Waals surface area contributed by atoms with Gasteiger partial charge in [0.05, 0.1) is 5.56 Å². The van der Waals surface area contributed by atoms with Crippen LogP contribution in [0.5, 0.6) is 5.75 Å². The first-order valence-corrected chi connectivity index (χ1v) is 7.68. The van der Waals surface area contributed by atoms with Gasteiger partial charge in [-0.15, -0.1) is 0 Å². The fourth-order valence-corrected chi connectivity index (χ4v) is 2.11. The van der Waals surface area contributed by atoms with Crippen molar-refractivity contribution in [3.8, 4) is 11.8 Å². The average molecular weight is 340 g/mol. The molecule has 5 nitrogen and oxygen atoms in total. The number of rotatable bonds is 7. The first-order chi connectivity index (χ1) is 12.0. The molecule has 1 amide bonds. The number of amides is 1. The summed E-state index contributed by atoms with van der Waals surface area (Å²) in [6.45, 7) is 1.34. The highest BCUT2D eigenvalue weighted by Gasteiger charge is 2.07. The third kappa shape index (κ3) is 5.74. The van der Waals surface area contributed by atoms with E-state index in [2.05, 4.69) is 5.32 Å². The topological polar surface area (TPSA) is 79.2 Å². The second-order valence-corrected chi connectivity index (χ2v) is 5.49. The third-order valence-corrected chi connectivity index (χ3v) is 3.43. The van der Waals surface area contributed by atoms with Gasteiger partial charge in [0.1, 0.15) is 23.4 Å². The van der Waals surface area contributed by atoms with Crippen molar-refractivity contribution >= 4 is 17.4 Å². The van der Waals surface area contributed by atoms with Crippen molar-refractivity contribution in [2.24, 2.45) is 0 Å². The SMILES string of the molecule is CC(=O)CCc1ccc(OCC(=O)Nc2ccc(F)c(C#N)c2)cc1.